The highest BCUT2D eigenvalue weighted by Crippen LogP contribution is 2.05. The van der Waals surface area contributed by atoms with Crippen molar-refractivity contribution in [1.29, 1.82) is 0 Å². The van der Waals surface area contributed by atoms with Crippen molar-refractivity contribution >= 4 is 5.91 Å². The Bertz CT molecular complexity index is 615. The Balaban J connectivity index is 2.04. The highest BCUT2D eigenvalue weighted by Gasteiger charge is 2.11. The van der Waals surface area contributed by atoms with Gasteiger partial charge in [-0.05, 0) is 19.1 Å². The summed E-state index contributed by atoms with van der Waals surface area (Å²) in [5.74, 6) is 0.0255. The molecule has 7 heteroatoms. The second kappa shape index (κ2) is 6.46. The standard InChI is InChI=1S/C13H13N5O2/c1-9-11(7-15-12(18-9)8-17-20)13(19)16-6-10-4-2-3-5-14-10/h2-5,7H,6,8H2,1H3,(H,16,19). The molecule has 102 valence electrons. The van der Waals surface area contributed by atoms with E-state index >= 15 is 0 Å². The molecule has 20 heavy (non-hydrogen) atoms. The maximum absolute atomic E-state index is 12.0. The molecule has 2 aromatic heterocycles. The van der Waals surface area contributed by atoms with Gasteiger partial charge < -0.3 is 5.32 Å². The van der Waals surface area contributed by atoms with E-state index in [9.17, 15) is 9.70 Å². The molecule has 0 unspecified atom stereocenters. The average Bonchev–Trinajstić information content (AvgIpc) is 2.46. The third kappa shape index (κ3) is 3.41. The van der Waals surface area contributed by atoms with Crippen molar-refractivity contribution in [3.8, 4) is 0 Å². The van der Waals surface area contributed by atoms with Crippen LogP contribution in [0.5, 0.6) is 0 Å². The fraction of sp³-hybridized carbons (Fsp3) is 0.231. The fourth-order valence-corrected chi connectivity index (χ4v) is 1.64. The maximum Gasteiger partial charge on any atom is 0.255 e. The number of carbonyl (C=O) groups excluding carboxylic acids is 1. The first-order chi connectivity index (χ1) is 9.70. The number of hydrogen-bond acceptors (Lipinski definition) is 6. The molecule has 0 bridgehead atoms. The van der Waals surface area contributed by atoms with Gasteiger partial charge in [0.05, 0.1) is 23.5 Å². The minimum absolute atomic E-state index is 0.101. The van der Waals surface area contributed by atoms with E-state index in [2.05, 4.69) is 25.4 Å². The Hall–Kier alpha value is -2.70. The van der Waals surface area contributed by atoms with E-state index in [1.807, 2.05) is 18.2 Å². The smallest absolute Gasteiger partial charge is 0.255 e. The summed E-state index contributed by atoms with van der Waals surface area (Å²) in [6, 6.07) is 5.48. The maximum atomic E-state index is 12.0. The summed E-state index contributed by atoms with van der Waals surface area (Å²) >= 11 is 0. The number of nitrogens with zero attached hydrogens (tertiary/aromatic N) is 4. The predicted molar refractivity (Wildman–Crippen MR) is 71.7 cm³/mol. The number of aryl methyl sites for hydroxylation is 1. The molecular formula is C13H13N5O2. The molecule has 0 radical (unpaired) electrons. The molecule has 0 aliphatic rings. The first kappa shape index (κ1) is 13.7. The van der Waals surface area contributed by atoms with Crippen LogP contribution in [-0.2, 0) is 13.1 Å². The molecule has 0 aliphatic heterocycles. The Labute approximate surface area is 115 Å². The van der Waals surface area contributed by atoms with Gasteiger partial charge in [-0.2, -0.15) is 4.91 Å². The predicted octanol–water partition coefficient (Wildman–Crippen LogP) is 1.38. The third-order valence-corrected chi connectivity index (χ3v) is 2.64. The molecule has 1 N–H and O–H groups in total. The van der Waals surface area contributed by atoms with Crippen LogP contribution in [0.2, 0.25) is 0 Å². The lowest BCUT2D eigenvalue weighted by Crippen LogP contribution is -2.24. The van der Waals surface area contributed by atoms with Crippen LogP contribution in [0.25, 0.3) is 0 Å². The van der Waals surface area contributed by atoms with E-state index in [0.29, 0.717) is 23.6 Å². The first-order valence-electron chi connectivity index (χ1n) is 6.00. The van der Waals surface area contributed by atoms with E-state index < -0.39 is 0 Å². The van der Waals surface area contributed by atoms with Crippen molar-refractivity contribution < 1.29 is 4.79 Å². The third-order valence-electron chi connectivity index (χ3n) is 2.64. The van der Waals surface area contributed by atoms with E-state index in [0.717, 1.165) is 5.69 Å². The summed E-state index contributed by atoms with van der Waals surface area (Å²) in [6.07, 6.45) is 3.06. The number of amides is 1. The van der Waals surface area contributed by atoms with E-state index in [-0.39, 0.29) is 12.5 Å². The lowest BCUT2D eigenvalue weighted by Gasteiger charge is -2.07. The molecule has 0 aliphatic carbocycles. The molecular weight excluding hydrogens is 258 g/mol. The Morgan fingerprint density at radius 1 is 1.35 bits per heavy atom. The lowest BCUT2D eigenvalue weighted by molar-refractivity contribution is 0.0949. The van der Waals surface area contributed by atoms with Crippen LogP contribution in [0.4, 0.5) is 0 Å². The number of nitrogens with one attached hydrogen (secondary N) is 1. The van der Waals surface area contributed by atoms with Gasteiger partial charge in [0, 0.05) is 12.4 Å². The van der Waals surface area contributed by atoms with Crippen LogP contribution in [0, 0.1) is 11.8 Å². The van der Waals surface area contributed by atoms with Gasteiger partial charge in [-0.1, -0.05) is 11.2 Å². The number of rotatable bonds is 5. The molecule has 0 atom stereocenters. The molecule has 7 nitrogen and oxygen atoms in total. The number of carbonyl (C=O) groups is 1. The Morgan fingerprint density at radius 3 is 2.85 bits per heavy atom. The molecule has 0 spiro atoms. The van der Waals surface area contributed by atoms with Gasteiger partial charge in [-0.3, -0.25) is 9.78 Å². The lowest BCUT2D eigenvalue weighted by atomic mass is 10.2. The second-order valence-corrected chi connectivity index (χ2v) is 4.08. The van der Waals surface area contributed by atoms with Crippen LogP contribution in [0.3, 0.4) is 0 Å². The summed E-state index contributed by atoms with van der Waals surface area (Å²) < 4.78 is 0. The fourth-order valence-electron chi connectivity index (χ4n) is 1.64. The summed E-state index contributed by atoms with van der Waals surface area (Å²) in [6.45, 7) is 1.92. The number of aromatic nitrogens is 3. The SMILES string of the molecule is Cc1nc(CN=O)ncc1C(=O)NCc1ccccn1. The molecule has 2 rings (SSSR count). The largest absolute Gasteiger partial charge is 0.346 e. The van der Waals surface area contributed by atoms with Gasteiger partial charge in [-0.15, -0.1) is 0 Å². The summed E-state index contributed by atoms with van der Waals surface area (Å²) in [4.78, 5) is 34.2. The quantitative estimate of drug-likeness (QED) is 0.828. The van der Waals surface area contributed by atoms with Crippen molar-refractivity contribution in [2.75, 3.05) is 0 Å². The van der Waals surface area contributed by atoms with Crippen molar-refractivity contribution in [3.05, 3.63) is 58.3 Å². The van der Waals surface area contributed by atoms with Crippen LogP contribution in [0.1, 0.15) is 27.6 Å². The first-order valence-corrected chi connectivity index (χ1v) is 6.00. The van der Waals surface area contributed by atoms with Gasteiger partial charge in [0.15, 0.2) is 5.82 Å². The van der Waals surface area contributed by atoms with Crippen molar-refractivity contribution in [1.82, 2.24) is 20.3 Å². The molecule has 2 aromatic rings. The van der Waals surface area contributed by atoms with Crippen molar-refractivity contribution in [2.45, 2.75) is 20.0 Å². The highest BCUT2D eigenvalue weighted by atomic mass is 16.3. The number of pyridine rings is 1. The van der Waals surface area contributed by atoms with Gasteiger partial charge in [0.2, 0.25) is 0 Å². The number of hydrogen-bond donors (Lipinski definition) is 1. The van der Waals surface area contributed by atoms with E-state index in [1.165, 1.54) is 6.20 Å². The summed E-state index contributed by atoms with van der Waals surface area (Å²) in [5, 5.41) is 5.45. The zero-order chi connectivity index (χ0) is 14.4. The van der Waals surface area contributed by atoms with Crippen LogP contribution < -0.4 is 5.32 Å². The molecule has 0 fully saturated rings. The van der Waals surface area contributed by atoms with Crippen LogP contribution >= 0.6 is 0 Å². The van der Waals surface area contributed by atoms with Gasteiger partial charge in [0.1, 0.15) is 6.54 Å². The second-order valence-electron chi connectivity index (χ2n) is 4.08. The molecule has 0 saturated heterocycles. The molecule has 0 aromatic carbocycles. The number of nitroso groups, excluding NO2 is 1. The minimum atomic E-state index is -0.279. The van der Waals surface area contributed by atoms with Gasteiger partial charge >= 0.3 is 0 Å². The topological polar surface area (TPSA) is 97.2 Å². The zero-order valence-corrected chi connectivity index (χ0v) is 10.9. The van der Waals surface area contributed by atoms with Crippen LogP contribution in [-0.4, -0.2) is 20.9 Å². The van der Waals surface area contributed by atoms with Crippen molar-refractivity contribution in [3.63, 3.8) is 0 Å². The normalized spacial score (nSPS) is 10.1. The van der Waals surface area contributed by atoms with E-state index in [1.54, 1.807) is 13.1 Å². The monoisotopic (exact) mass is 271 g/mol. The average molecular weight is 271 g/mol. The molecule has 0 saturated carbocycles. The molecule has 1 amide bonds. The Kier molecular flexibility index (Phi) is 4.43. The molecule has 2 heterocycles. The highest BCUT2D eigenvalue weighted by molar-refractivity contribution is 5.94. The van der Waals surface area contributed by atoms with Gasteiger partial charge in [0.25, 0.3) is 5.91 Å². The Morgan fingerprint density at radius 2 is 2.20 bits per heavy atom. The van der Waals surface area contributed by atoms with Crippen molar-refractivity contribution in [2.24, 2.45) is 5.18 Å². The summed E-state index contributed by atoms with van der Waals surface area (Å²) in [5.41, 5.74) is 1.65. The van der Waals surface area contributed by atoms with Crippen LogP contribution in [0.15, 0.2) is 35.8 Å². The zero-order valence-electron chi connectivity index (χ0n) is 10.9. The van der Waals surface area contributed by atoms with Gasteiger partial charge in [-0.25, -0.2) is 9.97 Å². The van der Waals surface area contributed by atoms with E-state index in [4.69, 9.17) is 0 Å². The minimum Gasteiger partial charge on any atom is -0.346 e. The summed E-state index contributed by atoms with van der Waals surface area (Å²) in [7, 11) is 0.